The minimum Gasteiger partial charge on any atom is -0.478 e. The number of carboxylic acid groups (broad SMARTS) is 1. The molecule has 11 heteroatoms. The molecule has 2 aliphatic rings. The number of carboxylic acids is 1. The fourth-order valence-corrected chi connectivity index (χ4v) is 4.75. The molecule has 34 heavy (non-hydrogen) atoms. The number of nitrogens with one attached hydrogen (secondary N) is 1. The number of thiocarbonyl (C=S) groups is 1. The summed E-state index contributed by atoms with van der Waals surface area (Å²) in [6, 6.07) is 14.6. The van der Waals surface area contributed by atoms with Gasteiger partial charge in [0, 0.05) is 6.54 Å². The Balaban J connectivity index is 1.63. The van der Waals surface area contributed by atoms with Crippen LogP contribution in [0.15, 0.2) is 70.6 Å². The van der Waals surface area contributed by atoms with Crippen LogP contribution in [0.4, 0.5) is 11.4 Å². The van der Waals surface area contributed by atoms with E-state index in [1.807, 2.05) is 0 Å². The zero-order chi connectivity index (χ0) is 24.4. The Morgan fingerprint density at radius 3 is 2.44 bits per heavy atom. The molecule has 0 saturated carbocycles. The van der Waals surface area contributed by atoms with Gasteiger partial charge in [-0.05, 0) is 73.4 Å². The molecular formula is C23H18N4O5S2. The van der Waals surface area contributed by atoms with Crippen molar-refractivity contribution in [1.29, 1.82) is 0 Å². The van der Waals surface area contributed by atoms with Gasteiger partial charge in [0.05, 0.1) is 21.8 Å². The van der Waals surface area contributed by atoms with Crippen LogP contribution in [-0.4, -0.2) is 50.5 Å². The van der Waals surface area contributed by atoms with Crippen molar-refractivity contribution >= 4 is 69.3 Å². The van der Waals surface area contributed by atoms with Crippen molar-refractivity contribution in [3.8, 4) is 0 Å². The lowest BCUT2D eigenvalue weighted by Gasteiger charge is -2.31. The maximum Gasteiger partial charge on any atom is 0.335 e. The van der Waals surface area contributed by atoms with Crippen molar-refractivity contribution in [2.24, 2.45) is 10.9 Å². The first-order valence-electron chi connectivity index (χ1n) is 10.2. The largest absolute Gasteiger partial charge is 0.478 e. The molecule has 2 heterocycles. The third kappa shape index (κ3) is 4.47. The topological polar surface area (TPSA) is 119 Å². The number of amides is 3. The first kappa shape index (κ1) is 23.3. The van der Waals surface area contributed by atoms with Crippen molar-refractivity contribution in [2.45, 2.75) is 6.92 Å². The van der Waals surface area contributed by atoms with E-state index in [4.69, 9.17) is 17.3 Å². The number of carbonyl (C=O) groups excluding carboxylic acids is 3. The summed E-state index contributed by atoms with van der Waals surface area (Å²) in [4.78, 5) is 57.1. The third-order valence-corrected chi connectivity index (χ3v) is 6.39. The van der Waals surface area contributed by atoms with Crippen LogP contribution in [0.5, 0.6) is 0 Å². The van der Waals surface area contributed by atoms with E-state index in [1.165, 1.54) is 40.1 Å². The lowest BCUT2D eigenvalue weighted by Crippen LogP contribution is -2.57. The smallest absolute Gasteiger partial charge is 0.335 e. The average molecular weight is 495 g/mol. The highest BCUT2D eigenvalue weighted by Gasteiger charge is 2.41. The van der Waals surface area contributed by atoms with Gasteiger partial charge in [-0.15, -0.1) is 0 Å². The Morgan fingerprint density at radius 2 is 1.82 bits per heavy atom. The summed E-state index contributed by atoms with van der Waals surface area (Å²) in [7, 11) is 0. The molecule has 3 amide bonds. The zero-order valence-corrected chi connectivity index (χ0v) is 19.4. The van der Waals surface area contributed by atoms with Crippen LogP contribution in [-0.2, 0) is 14.4 Å². The number of likely N-dealkylation sites (N-methyl/N-ethyl adjacent to an activating group) is 1. The number of rotatable bonds is 5. The Labute approximate surface area is 204 Å². The molecule has 2 N–H and O–H groups in total. The van der Waals surface area contributed by atoms with Gasteiger partial charge >= 0.3 is 5.97 Å². The zero-order valence-electron chi connectivity index (χ0n) is 17.8. The number of aromatic carboxylic acids is 1. The van der Waals surface area contributed by atoms with E-state index in [9.17, 15) is 19.2 Å². The summed E-state index contributed by atoms with van der Waals surface area (Å²) >= 11 is 6.23. The second kappa shape index (κ2) is 9.57. The van der Waals surface area contributed by atoms with E-state index in [0.717, 1.165) is 11.8 Å². The highest BCUT2D eigenvalue weighted by Crippen LogP contribution is 2.34. The van der Waals surface area contributed by atoms with Crippen LogP contribution in [0, 0.1) is 5.92 Å². The predicted octanol–water partition coefficient (Wildman–Crippen LogP) is 2.92. The Kier molecular flexibility index (Phi) is 6.57. The quantitative estimate of drug-likeness (QED) is 0.373. The number of anilines is 1. The van der Waals surface area contributed by atoms with Crippen molar-refractivity contribution in [3.63, 3.8) is 0 Å². The van der Waals surface area contributed by atoms with E-state index in [1.54, 1.807) is 37.3 Å². The normalized spacial score (nSPS) is 20.9. The fourth-order valence-electron chi connectivity index (χ4n) is 3.38. The van der Waals surface area contributed by atoms with E-state index >= 15 is 0 Å². The maximum atomic E-state index is 13.2. The van der Waals surface area contributed by atoms with Gasteiger partial charge in [0.2, 0.25) is 11.8 Å². The SMILES string of the molecule is CCN1C(=O)/C(=C/C2C(=O)NC(=S)N(c3ccccc3)C2=O)SC1=Nc1ccc(C(=O)O)cc1. The van der Waals surface area contributed by atoms with Crippen LogP contribution in [0.25, 0.3) is 0 Å². The Morgan fingerprint density at radius 1 is 1.15 bits per heavy atom. The highest BCUT2D eigenvalue weighted by molar-refractivity contribution is 8.18. The maximum absolute atomic E-state index is 13.2. The van der Waals surface area contributed by atoms with Gasteiger partial charge in [-0.3, -0.25) is 24.2 Å². The molecule has 4 rings (SSSR count). The van der Waals surface area contributed by atoms with E-state index in [0.29, 0.717) is 23.1 Å². The van der Waals surface area contributed by atoms with E-state index < -0.39 is 23.7 Å². The number of thioether (sulfide) groups is 1. The summed E-state index contributed by atoms with van der Waals surface area (Å²) in [5, 5.41) is 11.9. The molecule has 0 spiro atoms. The number of para-hydroxylation sites is 1. The molecule has 2 saturated heterocycles. The predicted molar refractivity (Wildman–Crippen MR) is 132 cm³/mol. The fraction of sp³-hybridized carbons (Fsp3) is 0.130. The van der Waals surface area contributed by atoms with Crippen molar-refractivity contribution in [1.82, 2.24) is 10.2 Å². The lowest BCUT2D eigenvalue weighted by atomic mass is 10.0. The number of hydrogen-bond acceptors (Lipinski definition) is 7. The lowest BCUT2D eigenvalue weighted by molar-refractivity contribution is -0.131. The number of benzene rings is 2. The van der Waals surface area contributed by atoms with E-state index in [-0.39, 0.29) is 21.5 Å². The van der Waals surface area contributed by atoms with Gasteiger partial charge in [-0.1, -0.05) is 18.2 Å². The van der Waals surface area contributed by atoms with Crippen LogP contribution in [0.2, 0.25) is 0 Å². The number of nitrogens with zero attached hydrogens (tertiary/aromatic N) is 3. The van der Waals surface area contributed by atoms with Gasteiger partial charge in [-0.25, -0.2) is 9.79 Å². The van der Waals surface area contributed by atoms with Gasteiger partial charge in [0.15, 0.2) is 10.3 Å². The summed E-state index contributed by atoms with van der Waals surface area (Å²) in [6.07, 6.45) is 1.33. The molecule has 172 valence electrons. The molecule has 2 fully saturated rings. The first-order valence-corrected chi connectivity index (χ1v) is 11.4. The summed E-state index contributed by atoms with van der Waals surface area (Å²) < 4.78 is 0. The summed E-state index contributed by atoms with van der Waals surface area (Å²) in [5.41, 5.74) is 1.09. The molecule has 9 nitrogen and oxygen atoms in total. The molecule has 2 aromatic rings. The van der Waals surface area contributed by atoms with Crippen molar-refractivity contribution in [3.05, 3.63) is 71.1 Å². The molecule has 2 aromatic carbocycles. The van der Waals surface area contributed by atoms with Crippen LogP contribution < -0.4 is 10.2 Å². The molecule has 0 radical (unpaired) electrons. The van der Waals surface area contributed by atoms with Gasteiger partial charge in [0.25, 0.3) is 5.91 Å². The molecule has 1 unspecified atom stereocenters. The molecule has 0 aromatic heterocycles. The van der Waals surface area contributed by atoms with Crippen LogP contribution in [0.1, 0.15) is 17.3 Å². The molecule has 0 aliphatic carbocycles. The van der Waals surface area contributed by atoms with E-state index in [2.05, 4.69) is 10.3 Å². The van der Waals surface area contributed by atoms with Crippen molar-refractivity contribution in [2.75, 3.05) is 11.4 Å². The number of carbonyl (C=O) groups is 4. The monoisotopic (exact) mass is 494 g/mol. The highest BCUT2D eigenvalue weighted by atomic mass is 32.2. The number of amidine groups is 1. The number of aliphatic imine (C=N–C) groups is 1. The molecular weight excluding hydrogens is 476 g/mol. The standard InChI is InChI=1S/C23H18N4O5S2/c1-2-26-20(30)17(34-23(26)24-14-10-8-13(9-11-14)21(31)32)12-16-18(28)25-22(33)27(19(16)29)15-6-4-3-5-7-15/h3-12,16H,2H2,1H3,(H,31,32)(H,25,28,33)/b17-12-,24-23?. The third-order valence-electron chi connectivity index (χ3n) is 5.08. The van der Waals surface area contributed by atoms with Gasteiger partial charge < -0.3 is 10.4 Å². The summed E-state index contributed by atoms with van der Waals surface area (Å²) in [5.74, 6) is -3.84. The Bertz CT molecular complexity index is 1260. The van der Waals surface area contributed by atoms with Gasteiger partial charge in [0.1, 0.15) is 5.92 Å². The number of hydrogen-bond donors (Lipinski definition) is 2. The van der Waals surface area contributed by atoms with Crippen LogP contribution in [0.3, 0.4) is 0 Å². The van der Waals surface area contributed by atoms with Gasteiger partial charge in [-0.2, -0.15) is 0 Å². The molecule has 0 bridgehead atoms. The first-order chi connectivity index (χ1) is 16.3. The second-order valence-electron chi connectivity index (χ2n) is 7.21. The van der Waals surface area contributed by atoms with Crippen LogP contribution >= 0.6 is 24.0 Å². The molecule has 1 atom stereocenters. The minimum absolute atomic E-state index is 0.0245. The summed E-state index contributed by atoms with van der Waals surface area (Å²) in [6.45, 7) is 2.10. The molecule has 2 aliphatic heterocycles. The minimum atomic E-state index is -1.24. The van der Waals surface area contributed by atoms with Crippen molar-refractivity contribution < 1.29 is 24.3 Å². The average Bonchev–Trinajstić information content (AvgIpc) is 3.11. The Hall–Kier alpha value is -3.83. The second-order valence-corrected chi connectivity index (χ2v) is 8.61.